The van der Waals surface area contributed by atoms with Crippen molar-refractivity contribution in [1.29, 1.82) is 0 Å². The Morgan fingerprint density at radius 3 is 3.00 bits per heavy atom. The van der Waals surface area contributed by atoms with Gasteiger partial charge in [-0.3, -0.25) is 4.79 Å². The van der Waals surface area contributed by atoms with Gasteiger partial charge in [-0.05, 0) is 36.8 Å². The van der Waals surface area contributed by atoms with Gasteiger partial charge in [0.25, 0.3) is 5.91 Å². The molecular formula is C21H23N5O4. The summed E-state index contributed by atoms with van der Waals surface area (Å²) in [7, 11) is 0. The van der Waals surface area contributed by atoms with Crippen LogP contribution in [0.4, 0.5) is 5.69 Å². The molecule has 0 aliphatic carbocycles. The highest BCUT2D eigenvalue weighted by atomic mass is 16.6. The molecule has 30 heavy (non-hydrogen) atoms. The molecular weight excluding hydrogens is 386 g/mol. The molecule has 0 bridgehead atoms. The van der Waals surface area contributed by atoms with E-state index in [4.69, 9.17) is 14.2 Å². The molecule has 2 heterocycles. The number of carbonyl (C=O) groups is 1. The molecule has 0 spiro atoms. The minimum absolute atomic E-state index is 0.251. The van der Waals surface area contributed by atoms with E-state index in [2.05, 4.69) is 32.9 Å². The van der Waals surface area contributed by atoms with Crippen molar-refractivity contribution in [2.45, 2.75) is 32.3 Å². The van der Waals surface area contributed by atoms with Crippen LogP contribution in [0, 0.1) is 0 Å². The maximum absolute atomic E-state index is 12.8. The third-order valence-corrected chi connectivity index (χ3v) is 4.64. The molecule has 0 saturated heterocycles. The molecule has 1 atom stereocenters. The zero-order valence-electron chi connectivity index (χ0n) is 16.6. The number of unbranched alkanes of at least 4 members (excludes halogenated alkanes) is 2. The van der Waals surface area contributed by atoms with Crippen LogP contribution < -0.4 is 19.5 Å². The zero-order chi connectivity index (χ0) is 20.8. The number of aromatic nitrogens is 4. The van der Waals surface area contributed by atoms with Crippen molar-refractivity contribution < 1.29 is 19.0 Å². The van der Waals surface area contributed by atoms with Crippen LogP contribution in [0.15, 0.2) is 42.5 Å². The standard InChI is InChI=1S/C21H23N5O4/c1-2-3-4-11-28-15-8-5-7-14(12-15)21(27)22-16-9-6-10-17-19(16)30-18(13-29-17)20-23-25-26-24-20/h5-10,12,18H,2-4,11,13H2,1H3,(H,22,27)(H,23,24,25,26). The predicted octanol–water partition coefficient (Wildman–Crippen LogP) is 3.53. The molecule has 1 unspecified atom stereocenters. The van der Waals surface area contributed by atoms with Crippen molar-refractivity contribution >= 4 is 11.6 Å². The first-order valence-corrected chi connectivity index (χ1v) is 9.94. The van der Waals surface area contributed by atoms with Crippen molar-refractivity contribution in [2.75, 3.05) is 18.5 Å². The SMILES string of the molecule is CCCCCOc1cccc(C(=O)Nc2cccc3c2OC(c2nn[nH]n2)CO3)c1. The number of ether oxygens (including phenoxy) is 3. The monoisotopic (exact) mass is 409 g/mol. The molecule has 1 aromatic heterocycles. The second-order valence-electron chi connectivity index (χ2n) is 6.86. The average molecular weight is 409 g/mol. The topological polar surface area (TPSA) is 111 Å². The van der Waals surface area contributed by atoms with Crippen LogP contribution in [0.5, 0.6) is 17.2 Å². The van der Waals surface area contributed by atoms with Gasteiger partial charge < -0.3 is 19.5 Å². The van der Waals surface area contributed by atoms with E-state index in [1.54, 1.807) is 36.4 Å². The number of nitrogens with one attached hydrogen (secondary N) is 2. The highest BCUT2D eigenvalue weighted by molar-refractivity contribution is 6.05. The largest absolute Gasteiger partial charge is 0.494 e. The number of benzene rings is 2. The smallest absolute Gasteiger partial charge is 0.255 e. The van der Waals surface area contributed by atoms with Crippen LogP contribution in [0.2, 0.25) is 0 Å². The van der Waals surface area contributed by atoms with Gasteiger partial charge in [-0.2, -0.15) is 5.21 Å². The van der Waals surface area contributed by atoms with Gasteiger partial charge in [0, 0.05) is 5.56 Å². The van der Waals surface area contributed by atoms with Crippen molar-refractivity contribution in [3.05, 3.63) is 53.9 Å². The Kier molecular flexibility index (Phi) is 6.07. The molecule has 4 rings (SSSR count). The maximum Gasteiger partial charge on any atom is 0.255 e. The highest BCUT2D eigenvalue weighted by Crippen LogP contribution is 2.41. The number of para-hydroxylation sites is 1. The summed E-state index contributed by atoms with van der Waals surface area (Å²) in [5.41, 5.74) is 0.993. The van der Waals surface area contributed by atoms with Crippen molar-refractivity contribution in [2.24, 2.45) is 0 Å². The number of fused-ring (bicyclic) bond motifs is 1. The van der Waals surface area contributed by atoms with E-state index in [9.17, 15) is 4.79 Å². The number of tetrazole rings is 1. The normalized spacial score (nSPS) is 14.9. The Morgan fingerprint density at radius 2 is 2.17 bits per heavy atom. The second-order valence-corrected chi connectivity index (χ2v) is 6.86. The van der Waals surface area contributed by atoms with Gasteiger partial charge >= 0.3 is 0 Å². The molecule has 3 aromatic rings. The minimum Gasteiger partial charge on any atom is -0.494 e. The van der Waals surface area contributed by atoms with Gasteiger partial charge in [0.1, 0.15) is 12.4 Å². The molecule has 9 heteroatoms. The van der Waals surface area contributed by atoms with Gasteiger partial charge in [0.15, 0.2) is 17.6 Å². The summed E-state index contributed by atoms with van der Waals surface area (Å²) in [5.74, 6) is 1.76. The number of hydrogen-bond acceptors (Lipinski definition) is 7. The number of amides is 1. The molecule has 0 saturated carbocycles. The summed E-state index contributed by atoms with van der Waals surface area (Å²) in [6.45, 7) is 3.03. The van der Waals surface area contributed by atoms with Gasteiger partial charge in [0.2, 0.25) is 5.82 Å². The van der Waals surface area contributed by atoms with Crippen molar-refractivity contribution in [3.63, 3.8) is 0 Å². The molecule has 1 amide bonds. The van der Waals surface area contributed by atoms with Crippen LogP contribution in [0.1, 0.15) is 48.5 Å². The van der Waals surface area contributed by atoms with Crippen LogP contribution in [-0.2, 0) is 0 Å². The molecule has 9 nitrogen and oxygen atoms in total. The van der Waals surface area contributed by atoms with E-state index in [1.165, 1.54) is 0 Å². The van der Waals surface area contributed by atoms with Crippen molar-refractivity contribution in [3.8, 4) is 17.2 Å². The summed E-state index contributed by atoms with van der Waals surface area (Å²) in [6, 6.07) is 12.4. The molecule has 0 fully saturated rings. The Bertz CT molecular complexity index is 993. The molecule has 1 aliphatic heterocycles. The highest BCUT2D eigenvalue weighted by Gasteiger charge is 2.28. The quantitative estimate of drug-likeness (QED) is 0.547. The number of hydrogen-bond donors (Lipinski definition) is 2. The Morgan fingerprint density at radius 1 is 1.27 bits per heavy atom. The Hall–Kier alpha value is -3.62. The number of anilines is 1. The van der Waals surface area contributed by atoms with E-state index in [1.807, 2.05) is 6.07 Å². The van der Waals surface area contributed by atoms with Gasteiger partial charge in [-0.15, -0.1) is 10.2 Å². The number of aromatic amines is 1. The fraction of sp³-hybridized carbons (Fsp3) is 0.333. The van der Waals surface area contributed by atoms with E-state index in [0.717, 1.165) is 19.3 Å². The lowest BCUT2D eigenvalue weighted by Gasteiger charge is -2.26. The summed E-state index contributed by atoms with van der Waals surface area (Å²) >= 11 is 0. The summed E-state index contributed by atoms with van der Waals surface area (Å²) in [6.07, 6.45) is 2.72. The summed E-state index contributed by atoms with van der Waals surface area (Å²) in [4.78, 5) is 12.8. The van der Waals surface area contributed by atoms with E-state index >= 15 is 0 Å². The molecule has 0 radical (unpaired) electrons. The lowest BCUT2D eigenvalue weighted by molar-refractivity contribution is 0.0856. The van der Waals surface area contributed by atoms with E-state index in [0.29, 0.717) is 40.9 Å². The predicted molar refractivity (Wildman–Crippen MR) is 109 cm³/mol. The summed E-state index contributed by atoms with van der Waals surface area (Å²) < 4.78 is 17.5. The zero-order valence-corrected chi connectivity index (χ0v) is 16.6. The first-order chi connectivity index (χ1) is 14.7. The van der Waals surface area contributed by atoms with Crippen LogP contribution >= 0.6 is 0 Å². The fourth-order valence-electron chi connectivity index (χ4n) is 3.09. The van der Waals surface area contributed by atoms with E-state index in [-0.39, 0.29) is 12.5 Å². The Labute approximate surface area is 173 Å². The third-order valence-electron chi connectivity index (χ3n) is 4.64. The van der Waals surface area contributed by atoms with E-state index < -0.39 is 6.10 Å². The summed E-state index contributed by atoms with van der Waals surface area (Å²) in [5, 5.41) is 16.7. The molecule has 2 aromatic carbocycles. The molecule has 156 valence electrons. The van der Waals surface area contributed by atoms with Crippen LogP contribution in [-0.4, -0.2) is 39.7 Å². The van der Waals surface area contributed by atoms with Gasteiger partial charge in [-0.25, -0.2) is 0 Å². The first kappa shape index (κ1) is 19.7. The molecule has 2 N–H and O–H groups in total. The van der Waals surface area contributed by atoms with Gasteiger partial charge in [0.05, 0.1) is 12.3 Å². The number of carbonyl (C=O) groups excluding carboxylic acids is 1. The number of nitrogens with zero attached hydrogens (tertiary/aromatic N) is 3. The van der Waals surface area contributed by atoms with Crippen LogP contribution in [0.25, 0.3) is 0 Å². The average Bonchev–Trinajstić information content (AvgIpc) is 3.32. The number of rotatable bonds is 8. The van der Waals surface area contributed by atoms with Crippen LogP contribution in [0.3, 0.4) is 0 Å². The number of H-pyrrole nitrogens is 1. The first-order valence-electron chi connectivity index (χ1n) is 9.94. The Balaban J connectivity index is 1.47. The minimum atomic E-state index is -0.519. The second kappa shape index (κ2) is 9.25. The third kappa shape index (κ3) is 4.51. The maximum atomic E-state index is 12.8. The molecule has 1 aliphatic rings. The van der Waals surface area contributed by atoms with Gasteiger partial charge in [-0.1, -0.05) is 37.1 Å². The van der Waals surface area contributed by atoms with Crippen molar-refractivity contribution in [1.82, 2.24) is 20.6 Å². The fourth-order valence-corrected chi connectivity index (χ4v) is 3.09. The lowest BCUT2D eigenvalue weighted by Crippen LogP contribution is -2.24. The lowest BCUT2D eigenvalue weighted by atomic mass is 10.2.